The van der Waals surface area contributed by atoms with Crippen LogP contribution in [0.1, 0.15) is 23.6 Å². The highest BCUT2D eigenvalue weighted by molar-refractivity contribution is 6.42. The topological polar surface area (TPSA) is 70.1 Å². The summed E-state index contributed by atoms with van der Waals surface area (Å²) in [6.45, 7) is 1.79. The van der Waals surface area contributed by atoms with E-state index in [-0.39, 0.29) is 31.1 Å². The van der Waals surface area contributed by atoms with Gasteiger partial charge >= 0.3 is 5.97 Å². The third-order valence-electron chi connectivity index (χ3n) is 5.49. The molecule has 1 fully saturated rings. The minimum absolute atomic E-state index is 0.0230. The maximum atomic E-state index is 13.1. The summed E-state index contributed by atoms with van der Waals surface area (Å²) in [5.74, 6) is -0.988. The Bertz CT molecular complexity index is 910. The highest BCUT2D eigenvalue weighted by Gasteiger charge is 2.29. The van der Waals surface area contributed by atoms with Crippen LogP contribution in [0.4, 0.5) is 0 Å². The van der Waals surface area contributed by atoms with Crippen LogP contribution in [0.5, 0.6) is 0 Å². The number of halogens is 2. The molecular formula is C23H26Cl2N2O4. The highest BCUT2D eigenvalue weighted by Crippen LogP contribution is 2.26. The largest absolute Gasteiger partial charge is 0.480 e. The lowest BCUT2D eigenvalue weighted by Crippen LogP contribution is -2.39. The number of benzene rings is 2. The first-order chi connectivity index (χ1) is 14.8. The third-order valence-corrected chi connectivity index (χ3v) is 6.23. The Morgan fingerprint density at radius 3 is 2.61 bits per heavy atom. The van der Waals surface area contributed by atoms with Gasteiger partial charge in [0.15, 0.2) is 0 Å². The molecule has 0 aliphatic carbocycles. The van der Waals surface area contributed by atoms with E-state index in [4.69, 9.17) is 33.0 Å². The zero-order valence-corrected chi connectivity index (χ0v) is 18.9. The van der Waals surface area contributed by atoms with Crippen LogP contribution in [0.2, 0.25) is 10.0 Å². The first-order valence-corrected chi connectivity index (χ1v) is 10.9. The quantitative estimate of drug-likeness (QED) is 0.608. The van der Waals surface area contributed by atoms with Crippen LogP contribution in [-0.2, 0) is 20.7 Å². The van der Waals surface area contributed by atoms with Gasteiger partial charge in [0.05, 0.1) is 28.6 Å². The van der Waals surface area contributed by atoms with E-state index < -0.39 is 5.97 Å². The minimum Gasteiger partial charge on any atom is -0.480 e. The van der Waals surface area contributed by atoms with Crippen molar-refractivity contribution in [3.05, 3.63) is 69.7 Å². The number of aliphatic carboxylic acids is 1. The number of rotatable bonds is 9. The van der Waals surface area contributed by atoms with Gasteiger partial charge in [0.1, 0.15) is 6.61 Å². The van der Waals surface area contributed by atoms with E-state index in [9.17, 15) is 9.59 Å². The van der Waals surface area contributed by atoms with Gasteiger partial charge in [-0.3, -0.25) is 9.69 Å². The van der Waals surface area contributed by atoms with Crippen molar-refractivity contribution < 1.29 is 19.4 Å². The molecule has 2 aromatic rings. The number of nitrogens with zero attached hydrogens (tertiary/aromatic N) is 2. The Hall–Kier alpha value is -2.12. The summed E-state index contributed by atoms with van der Waals surface area (Å²) in [6.07, 6.45) is 0.890. The van der Waals surface area contributed by atoms with E-state index in [1.807, 2.05) is 43.4 Å². The molecule has 0 spiro atoms. The Morgan fingerprint density at radius 1 is 1.19 bits per heavy atom. The number of ether oxygens (including phenoxy) is 1. The molecule has 0 saturated carbocycles. The molecule has 8 heteroatoms. The Morgan fingerprint density at radius 2 is 1.94 bits per heavy atom. The van der Waals surface area contributed by atoms with Crippen molar-refractivity contribution >= 4 is 35.1 Å². The van der Waals surface area contributed by atoms with E-state index >= 15 is 0 Å². The highest BCUT2D eigenvalue weighted by atomic mass is 35.5. The average molecular weight is 465 g/mol. The fraction of sp³-hybridized carbons (Fsp3) is 0.391. The lowest BCUT2D eigenvalue weighted by molar-refractivity contribution is -0.144. The molecule has 2 atom stereocenters. The zero-order chi connectivity index (χ0) is 22.4. The molecule has 2 aromatic carbocycles. The maximum Gasteiger partial charge on any atom is 0.329 e. The Balaban J connectivity index is 1.69. The Kier molecular flexibility index (Phi) is 8.32. The minimum atomic E-state index is -0.965. The summed E-state index contributed by atoms with van der Waals surface area (Å²) < 4.78 is 5.44. The van der Waals surface area contributed by atoms with Gasteiger partial charge in [-0.25, -0.2) is 4.79 Å². The van der Waals surface area contributed by atoms with Crippen LogP contribution in [0.15, 0.2) is 48.5 Å². The molecule has 0 bridgehead atoms. The average Bonchev–Trinajstić information content (AvgIpc) is 3.21. The van der Waals surface area contributed by atoms with Gasteiger partial charge in [0.25, 0.3) is 0 Å². The standard InChI is InChI=1S/C23H26Cl2N2O4/c1-26(22(28)12-16-7-8-19(24)20(25)11-16)21(17-5-3-2-4-6-17)14-27-10-9-18(13-27)31-15-23(29)30/h2-8,11,18,21H,9-10,12-15H2,1H3,(H,29,30)/t18-,21?/m0/s1. The van der Waals surface area contributed by atoms with Crippen LogP contribution < -0.4 is 0 Å². The number of hydrogen-bond acceptors (Lipinski definition) is 4. The van der Waals surface area contributed by atoms with Gasteiger partial charge in [-0.15, -0.1) is 0 Å². The SMILES string of the molecule is CN(C(=O)Cc1ccc(Cl)c(Cl)c1)C(CN1CC[C@H](OCC(=O)O)C1)c1ccccc1. The normalized spacial score (nSPS) is 17.5. The molecule has 1 aliphatic rings. The van der Waals surface area contributed by atoms with Crippen molar-refractivity contribution in [2.45, 2.75) is 25.0 Å². The fourth-order valence-corrected chi connectivity index (χ4v) is 4.10. The van der Waals surface area contributed by atoms with Crippen molar-refractivity contribution in [2.24, 2.45) is 0 Å². The number of carbonyl (C=O) groups is 2. The number of carboxylic acid groups (broad SMARTS) is 1. The smallest absolute Gasteiger partial charge is 0.329 e. The molecule has 6 nitrogen and oxygen atoms in total. The van der Waals surface area contributed by atoms with Gasteiger partial charge < -0.3 is 14.7 Å². The molecular weight excluding hydrogens is 439 g/mol. The van der Waals surface area contributed by atoms with Crippen LogP contribution in [-0.4, -0.2) is 66.2 Å². The predicted octanol–water partition coefficient (Wildman–Crippen LogP) is 3.91. The third kappa shape index (κ3) is 6.68. The lowest BCUT2D eigenvalue weighted by atomic mass is 10.0. The molecule has 1 aliphatic heterocycles. The summed E-state index contributed by atoms with van der Waals surface area (Å²) in [4.78, 5) is 27.8. The molecule has 166 valence electrons. The van der Waals surface area contributed by atoms with Crippen LogP contribution in [0, 0.1) is 0 Å². The first-order valence-electron chi connectivity index (χ1n) is 10.1. The summed E-state index contributed by atoms with van der Waals surface area (Å²) in [6, 6.07) is 15.0. The number of amides is 1. The van der Waals surface area contributed by atoms with E-state index in [1.54, 1.807) is 17.0 Å². The molecule has 1 amide bonds. The number of hydrogen-bond donors (Lipinski definition) is 1. The molecule has 0 radical (unpaired) electrons. The van der Waals surface area contributed by atoms with E-state index in [0.29, 0.717) is 23.1 Å². The molecule has 31 heavy (non-hydrogen) atoms. The van der Waals surface area contributed by atoms with Crippen molar-refractivity contribution in [1.29, 1.82) is 0 Å². The van der Waals surface area contributed by atoms with Crippen LogP contribution in [0.3, 0.4) is 0 Å². The van der Waals surface area contributed by atoms with Gasteiger partial charge in [0.2, 0.25) is 5.91 Å². The monoisotopic (exact) mass is 464 g/mol. The number of carbonyl (C=O) groups excluding carboxylic acids is 1. The van der Waals surface area contributed by atoms with E-state index in [1.165, 1.54) is 0 Å². The first kappa shape index (κ1) is 23.5. The second-order valence-electron chi connectivity index (χ2n) is 7.73. The van der Waals surface area contributed by atoms with Crippen molar-refractivity contribution in [3.8, 4) is 0 Å². The van der Waals surface area contributed by atoms with Crippen molar-refractivity contribution in [1.82, 2.24) is 9.80 Å². The summed E-state index contributed by atoms with van der Waals surface area (Å²) >= 11 is 12.1. The van der Waals surface area contributed by atoms with Gasteiger partial charge in [-0.2, -0.15) is 0 Å². The summed E-state index contributed by atoms with van der Waals surface area (Å²) in [7, 11) is 1.81. The van der Waals surface area contributed by atoms with E-state index in [2.05, 4.69) is 4.90 Å². The predicted molar refractivity (Wildman–Crippen MR) is 121 cm³/mol. The van der Waals surface area contributed by atoms with Gasteiger partial charge in [0, 0.05) is 26.7 Å². The number of carboxylic acids is 1. The molecule has 1 saturated heterocycles. The lowest BCUT2D eigenvalue weighted by Gasteiger charge is -2.32. The second kappa shape index (κ2) is 11.0. The fourth-order valence-electron chi connectivity index (χ4n) is 3.78. The number of likely N-dealkylation sites (tertiary alicyclic amines) is 1. The molecule has 0 aromatic heterocycles. The van der Waals surface area contributed by atoms with Crippen molar-refractivity contribution in [2.75, 3.05) is 33.3 Å². The summed E-state index contributed by atoms with van der Waals surface area (Å²) in [5.41, 5.74) is 1.85. The van der Waals surface area contributed by atoms with Crippen molar-refractivity contribution in [3.63, 3.8) is 0 Å². The number of likely N-dealkylation sites (N-methyl/N-ethyl adjacent to an activating group) is 1. The Labute approximate surface area is 192 Å². The van der Waals surface area contributed by atoms with Crippen LogP contribution in [0.25, 0.3) is 0 Å². The molecule has 1 N–H and O–H groups in total. The van der Waals surface area contributed by atoms with Gasteiger partial charge in [-0.1, -0.05) is 59.6 Å². The van der Waals surface area contributed by atoms with E-state index in [0.717, 1.165) is 24.1 Å². The van der Waals surface area contributed by atoms with Gasteiger partial charge in [-0.05, 0) is 29.7 Å². The second-order valence-corrected chi connectivity index (χ2v) is 8.55. The maximum absolute atomic E-state index is 13.1. The summed E-state index contributed by atoms with van der Waals surface area (Å²) in [5, 5.41) is 9.71. The molecule has 1 heterocycles. The van der Waals surface area contributed by atoms with Crippen LogP contribution >= 0.6 is 23.2 Å². The zero-order valence-electron chi connectivity index (χ0n) is 17.3. The molecule has 3 rings (SSSR count). The molecule has 1 unspecified atom stereocenters.